The van der Waals surface area contributed by atoms with E-state index in [4.69, 9.17) is 0 Å². The molecule has 0 aliphatic heterocycles. The van der Waals surface area contributed by atoms with Crippen LogP contribution in [-0.4, -0.2) is 36.6 Å². The first kappa shape index (κ1) is 16.2. The van der Waals surface area contributed by atoms with E-state index in [0.29, 0.717) is 12.1 Å². The minimum atomic E-state index is 0.561. The largest absolute Gasteiger partial charge is 0.310 e. The highest BCUT2D eigenvalue weighted by Crippen LogP contribution is 2.05. The molecule has 0 spiro atoms. The predicted molar refractivity (Wildman–Crippen MR) is 84.6 cm³/mol. The summed E-state index contributed by atoms with van der Waals surface area (Å²) in [5.74, 6) is 0. The minimum Gasteiger partial charge on any atom is -0.310 e. The van der Waals surface area contributed by atoms with Crippen molar-refractivity contribution in [1.29, 1.82) is 0 Å². The molecule has 2 atom stereocenters. The lowest BCUT2D eigenvalue weighted by Crippen LogP contribution is -2.43. The number of benzene rings is 1. The summed E-state index contributed by atoms with van der Waals surface area (Å²) >= 11 is 0. The van der Waals surface area contributed by atoms with E-state index in [1.807, 2.05) is 0 Å². The summed E-state index contributed by atoms with van der Waals surface area (Å²) in [5, 5.41) is 3.71. The summed E-state index contributed by atoms with van der Waals surface area (Å²) in [6.07, 6.45) is 2.36. The van der Waals surface area contributed by atoms with Crippen LogP contribution in [0.25, 0.3) is 0 Å². The lowest BCUT2D eigenvalue weighted by Gasteiger charge is -2.26. The Hall–Kier alpha value is -0.860. The number of nitrogens with one attached hydrogen (secondary N) is 1. The molecule has 19 heavy (non-hydrogen) atoms. The van der Waals surface area contributed by atoms with Gasteiger partial charge in [0.2, 0.25) is 0 Å². The van der Waals surface area contributed by atoms with Crippen LogP contribution in [0, 0.1) is 0 Å². The van der Waals surface area contributed by atoms with Crippen LogP contribution in [0.4, 0.5) is 0 Å². The Morgan fingerprint density at radius 2 is 1.63 bits per heavy atom. The Balaban J connectivity index is 2.25. The van der Waals surface area contributed by atoms with Gasteiger partial charge in [-0.05, 0) is 45.3 Å². The minimum absolute atomic E-state index is 0.561. The Morgan fingerprint density at radius 3 is 2.21 bits per heavy atom. The number of aryl methyl sites for hydroxylation is 1. The molecule has 0 aliphatic rings. The Kier molecular flexibility index (Phi) is 7.76. The first-order valence-electron chi connectivity index (χ1n) is 7.68. The van der Waals surface area contributed by atoms with Crippen LogP contribution in [0.3, 0.4) is 0 Å². The molecular weight excluding hydrogens is 232 g/mol. The quantitative estimate of drug-likeness (QED) is 0.734. The van der Waals surface area contributed by atoms with Gasteiger partial charge >= 0.3 is 0 Å². The molecule has 0 fully saturated rings. The van der Waals surface area contributed by atoms with E-state index in [0.717, 1.165) is 26.1 Å². The maximum atomic E-state index is 3.71. The fourth-order valence-electron chi connectivity index (χ4n) is 2.52. The number of nitrogens with zero attached hydrogens (tertiary/aromatic N) is 1. The van der Waals surface area contributed by atoms with Crippen molar-refractivity contribution < 1.29 is 0 Å². The van der Waals surface area contributed by atoms with Crippen LogP contribution in [0.2, 0.25) is 0 Å². The standard InChI is InChI=1S/C17H30N2/c1-5-19(6-2)14-16(4)18-15(3)12-13-17-10-8-7-9-11-17/h7-11,15-16,18H,5-6,12-14H2,1-4H3. The van der Waals surface area contributed by atoms with Gasteiger partial charge in [0.05, 0.1) is 0 Å². The molecule has 1 aromatic rings. The van der Waals surface area contributed by atoms with Gasteiger partial charge in [-0.3, -0.25) is 0 Å². The zero-order chi connectivity index (χ0) is 14.1. The smallest absolute Gasteiger partial charge is 0.0169 e. The van der Waals surface area contributed by atoms with Crippen molar-refractivity contribution in [2.45, 2.75) is 52.6 Å². The molecule has 2 unspecified atom stereocenters. The Bertz CT molecular complexity index is 319. The van der Waals surface area contributed by atoms with Crippen LogP contribution in [-0.2, 0) is 6.42 Å². The third kappa shape index (κ3) is 6.74. The topological polar surface area (TPSA) is 15.3 Å². The zero-order valence-electron chi connectivity index (χ0n) is 13.0. The molecule has 1 aromatic carbocycles. The normalized spacial score (nSPS) is 14.6. The van der Waals surface area contributed by atoms with Crippen molar-refractivity contribution in [2.24, 2.45) is 0 Å². The monoisotopic (exact) mass is 262 g/mol. The van der Waals surface area contributed by atoms with E-state index in [2.05, 4.69) is 68.2 Å². The van der Waals surface area contributed by atoms with E-state index in [1.54, 1.807) is 0 Å². The lowest BCUT2D eigenvalue weighted by molar-refractivity contribution is 0.261. The van der Waals surface area contributed by atoms with Crippen LogP contribution in [0.15, 0.2) is 30.3 Å². The van der Waals surface area contributed by atoms with Crippen LogP contribution >= 0.6 is 0 Å². The molecule has 0 bridgehead atoms. The van der Waals surface area contributed by atoms with Crippen LogP contribution in [0.5, 0.6) is 0 Å². The highest BCUT2D eigenvalue weighted by Gasteiger charge is 2.10. The molecule has 0 aromatic heterocycles. The summed E-state index contributed by atoms with van der Waals surface area (Å²) in [4.78, 5) is 2.47. The second-order valence-corrected chi connectivity index (χ2v) is 5.48. The SMILES string of the molecule is CCN(CC)CC(C)NC(C)CCc1ccccc1. The molecule has 1 rings (SSSR count). The fourth-order valence-corrected chi connectivity index (χ4v) is 2.52. The van der Waals surface area contributed by atoms with Crippen molar-refractivity contribution in [3.05, 3.63) is 35.9 Å². The number of likely N-dealkylation sites (N-methyl/N-ethyl adjacent to an activating group) is 1. The third-order valence-corrected chi connectivity index (χ3v) is 3.70. The molecular formula is C17H30N2. The second-order valence-electron chi connectivity index (χ2n) is 5.48. The maximum absolute atomic E-state index is 3.71. The molecule has 2 nitrogen and oxygen atoms in total. The van der Waals surface area contributed by atoms with Gasteiger partial charge in [0.25, 0.3) is 0 Å². The number of rotatable bonds is 9. The zero-order valence-corrected chi connectivity index (χ0v) is 13.0. The average molecular weight is 262 g/mol. The highest BCUT2D eigenvalue weighted by atomic mass is 15.1. The predicted octanol–water partition coefficient (Wildman–Crippen LogP) is 3.33. The Labute approximate surface area is 119 Å². The van der Waals surface area contributed by atoms with E-state index in [9.17, 15) is 0 Å². The molecule has 0 saturated heterocycles. The van der Waals surface area contributed by atoms with Gasteiger partial charge in [0.15, 0.2) is 0 Å². The molecule has 0 heterocycles. The molecule has 0 radical (unpaired) electrons. The van der Waals surface area contributed by atoms with Crippen molar-refractivity contribution in [2.75, 3.05) is 19.6 Å². The summed E-state index contributed by atoms with van der Waals surface area (Å²) in [6.45, 7) is 12.5. The first-order valence-corrected chi connectivity index (χ1v) is 7.68. The Morgan fingerprint density at radius 1 is 1.00 bits per heavy atom. The van der Waals surface area contributed by atoms with E-state index < -0.39 is 0 Å². The molecule has 0 amide bonds. The summed E-state index contributed by atoms with van der Waals surface area (Å²) in [7, 11) is 0. The lowest BCUT2D eigenvalue weighted by atomic mass is 10.1. The van der Waals surface area contributed by atoms with Crippen molar-refractivity contribution in [1.82, 2.24) is 10.2 Å². The van der Waals surface area contributed by atoms with Crippen molar-refractivity contribution in [3.63, 3.8) is 0 Å². The van der Waals surface area contributed by atoms with Gasteiger partial charge in [-0.25, -0.2) is 0 Å². The average Bonchev–Trinajstić information content (AvgIpc) is 2.43. The van der Waals surface area contributed by atoms with Crippen molar-refractivity contribution in [3.8, 4) is 0 Å². The van der Waals surface area contributed by atoms with Crippen LogP contribution in [0.1, 0.15) is 39.7 Å². The van der Waals surface area contributed by atoms with Crippen LogP contribution < -0.4 is 5.32 Å². The highest BCUT2D eigenvalue weighted by molar-refractivity contribution is 5.14. The summed E-state index contributed by atoms with van der Waals surface area (Å²) < 4.78 is 0. The molecule has 1 N–H and O–H groups in total. The van der Waals surface area contributed by atoms with Gasteiger partial charge < -0.3 is 10.2 Å². The molecule has 0 aliphatic carbocycles. The van der Waals surface area contributed by atoms with E-state index in [1.165, 1.54) is 12.0 Å². The summed E-state index contributed by atoms with van der Waals surface area (Å²) in [5.41, 5.74) is 1.44. The van der Waals surface area contributed by atoms with Gasteiger partial charge in [-0.1, -0.05) is 44.2 Å². The second kappa shape index (κ2) is 9.11. The van der Waals surface area contributed by atoms with E-state index >= 15 is 0 Å². The first-order chi connectivity index (χ1) is 9.15. The fraction of sp³-hybridized carbons (Fsp3) is 0.647. The summed E-state index contributed by atoms with van der Waals surface area (Å²) in [6, 6.07) is 11.9. The van der Waals surface area contributed by atoms with E-state index in [-0.39, 0.29) is 0 Å². The van der Waals surface area contributed by atoms with Gasteiger partial charge in [0.1, 0.15) is 0 Å². The molecule has 2 heteroatoms. The maximum Gasteiger partial charge on any atom is 0.0169 e. The molecule has 0 saturated carbocycles. The van der Waals surface area contributed by atoms with Gasteiger partial charge in [0, 0.05) is 18.6 Å². The number of hydrogen-bond donors (Lipinski definition) is 1. The number of hydrogen-bond acceptors (Lipinski definition) is 2. The molecule has 108 valence electrons. The van der Waals surface area contributed by atoms with Gasteiger partial charge in [-0.2, -0.15) is 0 Å². The van der Waals surface area contributed by atoms with Crippen molar-refractivity contribution >= 4 is 0 Å². The third-order valence-electron chi connectivity index (χ3n) is 3.70. The van der Waals surface area contributed by atoms with Gasteiger partial charge in [-0.15, -0.1) is 0 Å².